The summed E-state index contributed by atoms with van der Waals surface area (Å²) in [5.41, 5.74) is 3.21. The molecule has 2 N–H and O–H groups in total. The summed E-state index contributed by atoms with van der Waals surface area (Å²) in [5.74, 6) is -0.118. The number of imidazole rings is 1. The maximum Gasteiger partial charge on any atom is 0.326 e. The zero-order chi connectivity index (χ0) is 19.8. The van der Waals surface area contributed by atoms with Crippen LogP contribution in [0.15, 0.2) is 53.3 Å². The van der Waals surface area contributed by atoms with Gasteiger partial charge in [-0.1, -0.05) is 30.3 Å². The summed E-state index contributed by atoms with van der Waals surface area (Å²) < 4.78 is 7.90. The minimum atomic E-state index is -0.118. The van der Waals surface area contributed by atoms with Crippen LogP contribution in [-0.2, 0) is 11.3 Å². The number of fused-ring (bicyclic) bond motifs is 1. The van der Waals surface area contributed by atoms with Crippen LogP contribution in [0.4, 0.5) is 0 Å². The van der Waals surface area contributed by atoms with E-state index in [1.807, 2.05) is 36.4 Å². The van der Waals surface area contributed by atoms with E-state index in [9.17, 15) is 9.59 Å². The number of hydrogen-bond acceptors (Lipinski definition) is 3. The van der Waals surface area contributed by atoms with Gasteiger partial charge in [-0.05, 0) is 55.9 Å². The monoisotopic (exact) mass is 391 g/mol. The molecule has 1 heterocycles. The van der Waals surface area contributed by atoms with E-state index >= 15 is 0 Å². The largest absolute Gasteiger partial charge is 0.371 e. The van der Waals surface area contributed by atoms with E-state index in [0.717, 1.165) is 48.7 Å². The summed E-state index contributed by atoms with van der Waals surface area (Å²) in [7, 11) is 0. The fourth-order valence-electron chi connectivity index (χ4n) is 4.29. The van der Waals surface area contributed by atoms with E-state index in [2.05, 4.69) is 10.3 Å². The Morgan fingerprint density at radius 1 is 1.10 bits per heavy atom. The molecule has 3 aromatic rings. The number of ether oxygens (including phenoxy) is 1. The molecule has 2 atom stereocenters. The molecule has 0 saturated heterocycles. The van der Waals surface area contributed by atoms with Gasteiger partial charge in [0.25, 0.3) is 5.91 Å². The molecule has 2 aliphatic carbocycles. The Bertz CT molecular complexity index is 1080. The molecule has 1 aromatic heterocycles. The van der Waals surface area contributed by atoms with Crippen LogP contribution in [-0.4, -0.2) is 27.6 Å². The summed E-state index contributed by atoms with van der Waals surface area (Å²) in [4.78, 5) is 27.9. The fourth-order valence-corrected chi connectivity index (χ4v) is 4.29. The molecule has 150 valence electrons. The molecule has 29 heavy (non-hydrogen) atoms. The number of amides is 1. The second kappa shape index (κ2) is 7.52. The number of H-pyrrole nitrogens is 1. The third-order valence-electron chi connectivity index (χ3n) is 5.97. The van der Waals surface area contributed by atoms with Crippen molar-refractivity contribution in [2.24, 2.45) is 0 Å². The maximum absolute atomic E-state index is 12.8. The lowest BCUT2D eigenvalue weighted by Crippen LogP contribution is -2.41. The molecule has 2 saturated carbocycles. The number of carbonyl (C=O) groups is 1. The summed E-state index contributed by atoms with van der Waals surface area (Å²) in [5, 5.41) is 3.14. The molecule has 0 aliphatic heterocycles. The van der Waals surface area contributed by atoms with Crippen molar-refractivity contribution in [2.75, 3.05) is 0 Å². The second-order valence-corrected chi connectivity index (χ2v) is 8.11. The van der Waals surface area contributed by atoms with Gasteiger partial charge in [-0.15, -0.1) is 0 Å². The van der Waals surface area contributed by atoms with Gasteiger partial charge in [-0.2, -0.15) is 0 Å². The van der Waals surface area contributed by atoms with Gasteiger partial charge >= 0.3 is 5.69 Å². The Labute approximate surface area is 168 Å². The number of aromatic amines is 1. The van der Waals surface area contributed by atoms with E-state index in [1.54, 1.807) is 16.7 Å². The summed E-state index contributed by atoms with van der Waals surface area (Å²) >= 11 is 0. The Hall–Kier alpha value is -2.86. The predicted octanol–water partition coefficient (Wildman–Crippen LogP) is 3.53. The average Bonchev–Trinajstić information content (AvgIpc) is 3.38. The highest BCUT2D eigenvalue weighted by Crippen LogP contribution is 2.35. The summed E-state index contributed by atoms with van der Waals surface area (Å²) in [6.45, 7) is 0.555. The minimum Gasteiger partial charge on any atom is -0.371 e. The Kier molecular flexibility index (Phi) is 4.72. The van der Waals surface area contributed by atoms with Crippen molar-refractivity contribution in [1.82, 2.24) is 14.9 Å². The van der Waals surface area contributed by atoms with Gasteiger partial charge in [-0.25, -0.2) is 4.79 Å². The normalized spacial score (nSPS) is 21.5. The predicted molar refractivity (Wildman–Crippen MR) is 111 cm³/mol. The quantitative estimate of drug-likeness (QED) is 0.675. The number of benzene rings is 2. The topological polar surface area (TPSA) is 76.1 Å². The highest BCUT2D eigenvalue weighted by atomic mass is 16.5. The van der Waals surface area contributed by atoms with Gasteiger partial charge in [0.1, 0.15) is 0 Å². The number of carbonyl (C=O) groups excluding carboxylic acids is 1. The van der Waals surface area contributed by atoms with Crippen molar-refractivity contribution in [3.8, 4) is 0 Å². The molecule has 6 nitrogen and oxygen atoms in total. The molecule has 2 aliphatic rings. The molecular weight excluding hydrogens is 366 g/mol. The molecule has 2 aromatic carbocycles. The van der Waals surface area contributed by atoms with Crippen LogP contribution in [0, 0.1) is 0 Å². The third kappa shape index (κ3) is 3.72. The maximum atomic E-state index is 12.8. The van der Waals surface area contributed by atoms with Crippen molar-refractivity contribution in [3.05, 3.63) is 70.1 Å². The van der Waals surface area contributed by atoms with E-state index in [4.69, 9.17) is 4.74 Å². The van der Waals surface area contributed by atoms with E-state index in [-0.39, 0.29) is 23.7 Å². The highest BCUT2D eigenvalue weighted by Gasteiger charge is 2.30. The molecule has 0 bridgehead atoms. The standard InChI is InChI=1S/C23H25N3O3/c27-22(16-9-12-20-19(13-16)25-23(28)26(20)17-10-11-17)24-18-7-4-8-21(18)29-14-15-5-2-1-3-6-15/h1-3,5-6,9,12-13,17-18,21H,4,7-8,10-11,14H2,(H,24,27)(H,25,28)/t18-,21-/m1/s1. The number of aromatic nitrogens is 2. The SMILES string of the molecule is O=C(N[C@@H]1CCC[C@H]1OCc1ccccc1)c1ccc2c(c1)[nH]c(=O)n2C1CC1. The first-order valence-electron chi connectivity index (χ1n) is 10.4. The van der Waals surface area contributed by atoms with Crippen molar-refractivity contribution >= 4 is 16.9 Å². The van der Waals surface area contributed by atoms with Gasteiger partial charge in [0.15, 0.2) is 0 Å². The van der Waals surface area contributed by atoms with E-state index < -0.39 is 0 Å². The molecule has 2 fully saturated rings. The molecule has 5 rings (SSSR count). The van der Waals surface area contributed by atoms with Crippen LogP contribution in [0.2, 0.25) is 0 Å². The zero-order valence-corrected chi connectivity index (χ0v) is 16.3. The summed E-state index contributed by atoms with van der Waals surface area (Å²) in [6, 6.07) is 15.9. The molecule has 0 unspecified atom stereocenters. The molecule has 0 radical (unpaired) electrons. The number of rotatable bonds is 6. The Balaban J connectivity index is 1.27. The molecular formula is C23H25N3O3. The van der Waals surface area contributed by atoms with Crippen LogP contribution >= 0.6 is 0 Å². The van der Waals surface area contributed by atoms with Crippen LogP contribution in [0.3, 0.4) is 0 Å². The molecule has 1 amide bonds. The van der Waals surface area contributed by atoms with Gasteiger partial charge < -0.3 is 15.0 Å². The number of nitrogens with zero attached hydrogens (tertiary/aromatic N) is 1. The summed E-state index contributed by atoms with van der Waals surface area (Å²) in [6.07, 6.45) is 5.03. The first-order chi connectivity index (χ1) is 14.2. The fraction of sp³-hybridized carbons (Fsp3) is 0.391. The zero-order valence-electron chi connectivity index (χ0n) is 16.3. The smallest absolute Gasteiger partial charge is 0.326 e. The molecule has 6 heteroatoms. The van der Waals surface area contributed by atoms with Crippen molar-refractivity contribution in [2.45, 2.75) is 56.9 Å². The van der Waals surface area contributed by atoms with Crippen molar-refractivity contribution in [3.63, 3.8) is 0 Å². The van der Waals surface area contributed by atoms with E-state index in [1.165, 1.54) is 0 Å². The molecule has 0 spiro atoms. The van der Waals surface area contributed by atoms with Crippen molar-refractivity contribution in [1.29, 1.82) is 0 Å². The second-order valence-electron chi connectivity index (χ2n) is 8.11. The lowest BCUT2D eigenvalue weighted by atomic mass is 10.1. The van der Waals surface area contributed by atoms with Crippen LogP contribution < -0.4 is 11.0 Å². The van der Waals surface area contributed by atoms with Crippen LogP contribution in [0.25, 0.3) is 11.0 Å². The Morgan fingerprint density at radius 3 is 2.72 bits per heavy atom. The average molecular weight is 391 g/mol. The lowest BCUT2D eigenvalue weighted by Gasteiger charge is -2.21. The Morgan fingerprint density at radius 2 is 1.93 bits per heavy atom. The first kappa shape index (κ1) is 18.2. The van der Waals surface area contributed by atoms with Crippen molar-refractivity contribution < 1.29 is 9.53 Å². The van der Waals surface area contributed by atoms with Crippen LogP contribution in [0.5, 0.6) is 0 Å². The first-order valence-corrected chi connectivity index (χ1v) is 10.4. The lowest BCUT2D eigenvalue weighted by molar-refractivity contribution is 0.0272. The van der Waals surface area contributed by atoms with Crippen LogP contribution in [0.1, 0.15) is 54.1 Å². The van der Waals surface area contributed by atoms with E-state index in [0.29, 0.717) is 18.2 Å². The van der Waals surface area contributed by atoms with Gasteiger partial charge in [-0.3, -0.25) is 9.36 Å². The van der Waals surface area contributed by atoms with Gasteiger partial charge in [0, 0.05) is 11.6 Å². The van der Waals surface area contributed by atoms with Gasteiger partial charge in [0.2, 0.25) is 0 Å². The third-order valence-corrected chi connectivity index (χ3v) is 5.97. The number of nitrogens with one attached hydrogen (secondary N) is 2. The minimum absolute atomic E-state index is 0.0111. The highest BCUT2D eigenvalue weighted by molar-refractivity contribution is 5.97. The van der Waals surface area contributed by atoms with Gasteiger partial charge in [0.05, 0.1) is 29.8 Å². The number of hydrogen-bond donors (Lipinski definition) is 2.